The first kappa shape index (κ1) is 63.6. The third-order valence-electron chi connectivity index (χ3n) is 13.8. The quantitative estimate of drug-likeness (QED) is 0.0321. The molecular weight excluding hydrogens is 803 g/mol. The Morgan fingerprint density at radius 1 is 0.415 bits per heavy atom. The number of ether oxygens (including phenoxy) is 1. The maximum Gasteiger partial charge on any atom is 0.305 e. The highest BCUT2D eigenvalue weighted by molar-refractivity contribution is 5.76. The lowest BCUT2D eigenvalue weighted by Crippen LogP contribution is -2.45. The average molecular weight is 919 g/mol. The third-order valence-corrected chi connectivity index (χ3v) is 13.8. The molecule has 0 aromatic heterocycles. The summed E-state index contributed by atoms with van der Waals surface area (Å²) in [5.41, 5.74) is 0. The smallest absolute Gasteiger partial charge is 0.305 e. The fourth-order valence-corrected chi connectivity index (χ4v) is 9.28. The van der Waals surface area contributed by atoms with Crippen LogP contribution in [-0.2, 0) is 14.3 Å². The van der Waals surface area contributed by atoms with Gasteiger partial charge in [-0.3, -0.25) is 9.59 Å². The van der Waals surface area contributed by atoms with Crippen LogP contribution in [0.5, 0.6) is 0 Å². The number of unbranched alkanes of at least 4 members (excludes halogenated alkanes) is 42. The molecule has 0 aliphatic carbocycles. The minimum Gasteiger partial charge on any atom is -0.466 e. The molecule has 0 aliphatic heterocycles. The number of aliphatic hydroxyl groups excluding tert-OH is 2. The van der Waals surface area contributed by atoms with Gasteiger partial charge in [0.25, 0.3) is 0 Å². The molecule has 0 radical (unpaired) electrons. The molecule has 1 amide bonds. The second-order valence-electron chi connectivity index (χ2n) is 20.3. The molecule has 0 heterocycles. The number of aliphatic hydroxyl groups is 2. The first-order valence-electron chi connectivity index (χ1n) is 29.4. The molecule has 65 heavy (non-hydrogen) atoms. The van der Waals surface area contributed by atoms with Crippen molar-refractivity contribution in [3.63, 3.8) is 0 Å². The summed E-state index contributed by atoms with van der Waals surface area (Å²) in [7, 11) is 0. The number of carbonyl (C=O) groups excluding carboxylic acids is 2. The number of hydrogen-bond acceptors (Lipinski definition) is 5. The van der Waals surface area contributed by atoms with Crippen molar-refractivity contribution in [2.75, 3.05) is 13.2 Å². The Bertz CT molecular complexity index is 970. The van der Waals surface area contributed by atoms with Crippen LogP contribution >= 0.6 is 0 Å². The molecule has 0 spiro atoms. The maximum atomic E-state index is 12.5. The van der Waals surface area contributed by atoms with E-state index in [0.29, 0.717) is 25.9 Å². The van der Waals surface area contributed by atoms with Gasteiger partial charge in [0.2, 0.25) is 5.91 Å². The van der Waals surface area contributed by atoms with Crippen LogP contribution < -0.4 is 5.32 Å². The van der Waals surface area contributed by atoms with Gasteiger partial charge in [0.15, 0.2) is 0 Å². The van der Waals surface area contributed by atoms with E-state index >= 15 is 0 Å². The van der Waals surface area contributed by atoms with Crippen molar-refractivity contribution < 1.29 is 24.5 Å². The van der Waals surface area contributed by atoms with Crippen molar-refractivity contribution in [2.45, 2.75) is 341 Å². The lowest BCUT2D eigenvalue weighted by atomic mass is 10.0. The number of amides is 1. The predicted molar refractivity (Wildman–Crippen MR) is 283 cm³/mol. The van der Waals surface area contributed by atoms with Gasteiger partial charge >= 0.3 is 5.97 Å². The minimum atomic E-state index is -0.674. The van der Waals surface area contributed by atoms with Crippen LogP contribution in [0.1, 0.15) is 328 Å². The first-order valence-corrected chi connectivity index (χ1v) is 29.4. The molecule has 0 fully saturated rings. The van der Waals surface area contributed by atoms with Gasteiger partial charge < -0.3 is 20.3 Å². The van der Waals surface area contributed by atoms with E-state index in [9.17, 15) is 19.8 Å². The number of esters is 1. The van der Waals surface area contributed by atoms with Crippen molar-refractivity contribution in [3.8, 4) is 0 Å². The molecule has 0 aromatic carbocycles. The van der Waals surface area contributed by atoms with Crippen LogP contribution in [0.15, 0.2) is 12.2 Å². The van der Waals surface area contributed by atoms with E-state index < -0.39 is 12.1 Å². The lowest BCUT2D eigenvalue weighted by molar-refractivity contribution is -0.143. The monoisotopic (exact) mass is 918 g/mol. The molecule has 0 aromatic rings. The standard InChI is InChI=1S/C59H115NO5/c1-3-5-7-9-11-13-15-17-19-20-24-27-31-35-39-43-47-51-57(62)56(55-61)60-58(63)52-48-44-40-36-32-28-25-21-22-26-30-34-38-42-46-50-54-65-59(64)53-49-45-41-37-33-29-23-18-16-14-12-10-8-6-4-2/h21,25,56-57,61-62H,3-20,22-24,26-55H2,1-2H3,(H,60,63)/b25-21-. The number of carbonyl (C=O) groups is 2. The van der Waals surface area contributed by atoms with E-state index in [-0.39, 0.29) is 18.5 Å². The summed E-state index contributed by atoms with van der Waals surface area (Å²) in [5.74, 6) is -0.0485. The summed E-state index contributed by atoms with van der Waals surface area (Å²) in [6, 6.07) is -0.553. The molecule has 386 valence electrons. The highest BCUT2D eigenvalue weighted by Crippen LogP contribution is 2.17. The Morgan fingerprint density at radius 3 is 1.09 bits per heavy atom. The van der Waals surface area contributed by atoms with Gasteiger partial charge in [-0.2, -0.15) is 0 Å². The van der Waals surface area contributed by atoms with Gasteiger partial charge in [0.05, 0.1) is 25.4 Å². The summed E-state index contributed by atoms with van der Waals surface area (Å²) in [6.45, 7) is 4.95. The molecule has 0 saturated heterocycles. The fraction of sp³-hybridized carbons (Fsp3) is 0.932. The SMILES string of the molecule is CCCCCCCCCCCCCCCCCCCC(O)C(CO)NC(=O)CCCCCCC/C=C\CCCCCCCCCOC(=O)CCCCCCCCCCCCCCCCC. The van der Waals surface area contributed by atoms with Crippen LogP contribution in [0, 0.1) is 0 Å². The van der Waals surface area contributed by atoms with Gasteiger partial charge in [0.1, 0.15) is 0 Å². The second kappa shape index (κ2) is 55.2. The number of rotatable bonds is 55. The van der Waals surface area contributed by atoms with Crippen LogP contribution in [0.3, 0.4) is 0 Å². The summed E-state index contributed by atoms with van der Waals surface area (Å²) in [6.07, 6.45) is 64.9. The van der Waals surface area contributed by atoms with Gasteiger partial charge in [-0.1, -0.05) is 276 Å². The lowest BCUT2D eigenvalue weighted by Gasteiger charge is -2.22. The Balaban J connectivity index is 3.45. The predicted octanol–water partition coefficient (Wildman–Crippen LogP) is 18.1. The Kier molecular flexibility index (Phi) is 54.0. The van der Waals surface area contributed by atoms with Gasteiger partial charge in [-0.05, 0) is 51.4 Å². The summed E-state index contributed by atoms with van der Waals surface area (Å²) >= 11 is 0. The minimum absolute atomic E-state index is 0.000793. The molecular formula is C59H115NO5. The summed E-state index contributed by atoms with van der Waals surface area (Å²) in [4.78, 5) is 24.5. The molecule has 6 heteroatoms. The van der Waals surface area contributed by atoms with Crippen molar-refractivity contribution in [1.82, 2.24) is 5.32 Å². The molecule has 0 aliphatic rings. The largest absolute Gasteiger partial charge is 0.466 e. The highest BCUT2D eigenvalue weighted by Gasteiger charge is 2.20. The summed E-state index contributed by atoms with van der Waals surface area (Å²) in [5, 5.41) is 23.3. The first-order chi connectivity index (χ1) is 32.0. The Hall–Kier alpha value is -1.40. The molecule has 3 N–H and O–H groups in total. The number of hydrogen-bond donors (Lipinski definition) is 3. The number of nitrogens with one attached hydrogen (secondary N) is 1. The van der Waals surface area contributed by atoms with Gasteiger partial charge in [-0.15, -0.1) is 0 Å². The Labute approximate surface area is 406 Å². The molecule has 2 unspecified atom stereocenters. The normalized spacial score (nSPS) is 12.6. The van der Waals surface area contributed by atoms with Gasteiger partial charge in [-0.25, -0.2) is 0 Å². The van der Waals surface area contributed by atoms with Crippen LogP contribution in [0.4, 0.5) is 0 Å². The van der Waals surface area contributed by atoms with Crippen LogP contribution in [0.2, 0.25) is 0 Å². The average Bonchev–Trinajstić information content (AvgIpc) is 3.31. The van der Waals surface area contributed by atoms with Crippen molar-refractivity contribution in [3.05, 3.63) is 12.2 Å². The molecule has 0 saturated carbocycles. The van der Waals surface area contributed by atoms with E-state index in [1.54, 1.807) is 0 Å². The third kappa shape index (κ3) is 51.8. The number of allylic oxidation sites excluding steroid dienone is 2. The highest BCUT2D eigenvalue weighted by atomic mass is 16.5. The van der Waals surface area contributed by atoms with E-state index in [1.807, 2.05) is 0 Å². The zero-order valence-corrected chi connectivity index (χ0v) is 44.0. The van der Waals surface area contributed by atoms with E-state index in [4.69, 9.17) is 4.74 Å². The molecule has 0 bridgehead atoms. The van der Waals surface area contributed by atoms with Crippen molar-refractivity contribution in [2.24, 2.45) is 0 Å². The second-order valence-corrected chi connectivity index (χ2v) is 20.3. The van der Waals surface area contributed by atoms with Crippen LogP contribution in [-0.4, -0.2) is 47.4 Å². The van der Waals surface area contributed by atoms with E-state index in [2.05, 4.69) is 31.3 Å². The zero-order valence-electron chi connectivity index (χ0n) is 44.0. The topological polar surface area (TPSA) is 95.9 Å². The van der Waals surface area contributed by atoms with E-state index in [1.165, 1.54) is 231 Å². The maximum absolute atomic E-state index is 12.5. The van der Waals surface area contributed by atoms with Crippen molar-refractivity contribution in [1.29, 1.82) is 0 Å². The molecule has 6 nitrogen and oxygen atoms in total. The zero-order chi connectivity index (χ0) is 47.2. The molecule has 0 rings (SSSR count). The summed E-state index contributed by atoms with van der Waals surface area (Å²) < 4.78 is 5.48. The van der Waals surface area contributed by atoms with Gasteiger partial charge in [0, 0.05) is 12.8 Å². The van der Waals surface area contributed by atoms with Crippen molar-refractivity contribution >= 4 is 11.9 Å². The van der Waals surface area contributed by atoms with Crippen LogP contribution in [0.25, 0.3) is 0 Å². The Morgan fingerprint density at radius 2 is 0.723 bits per heavy atom. The fourth-order valence-electron chi connectivity index (χ4n) is 9.28. The van der Waals surface area contributed by atoms with E-state index in [0.717, 1.165) is 64.2 Å². The molecule has 2 atom stereocenters.